The van der Waals surface area contributed by atoms with Gasteiger partial charge in [0.2, 0.25) is 0 Å². The molecule has 0 aliphatic carbocycles. The predicted molar refractivity (Wildman–Crippen MR) is 224 cm³/mol. The van der Waals surface area contributed by atoms with Gasteiger partial charge in [-0.3, -0.25) is 19.8 Å². The summed E-state index contributed by atoms with van der Waals surface area (Å²) in [5.41, 5.74) is 5.35. The third kappa shape index (κ3) is 9.45. The van der Waals surface area contributed by atoms with Gasteiger partial charge in [-0.15, -0.1) is 0 Å². The Morgan fingerprint density at radius 1 is 0.947 bits per heavy atom. The summed E-state index contributed by atoms with van der Waals surface area (Å²) in [6.07, 6.45) is 3.58. The number of aromatic nitrogens is 2. The topological polar surface area (TPSA) is 134 Å². The SMILES string of the molecule is Cc1c(OCC[C@@H](C)C2CCN(CC(=O)O)CC2)cccc1-c1ccc(N2CCc3cccc(C(=O)Nc4nc5ccccc5s4)c3C2)nc1C(=O)OC(C)(C)C. The number of piperidine rings is 1. The molecule has 4 heterocycles. The zero-order valence-corrected chi connectivity index (χ0v) is 34.2. The molecule has 0 unspecified atom stereocenters. The highest BCUT2D eigenvalue weighted by atomic mass is 32.1. The molecule has 0 radical (unpaired) electrons. The minimum atomic E-state index is -0.774. The number of anilines is 2. The summed E-state index contributed by atoms with van der Waals surface area (Å²) >= 11 is 1.45. The minimum absolute atomic E-state index is 0.106. The van der Waals surface area contributed by atoms with E-state index >= 15 is 0 Å². The molecule has 0 bridgehead atoms. The number of carbonyl (C=O) groups is 3. The monoisotopic (exact) mass is 789 g/mol. The van der Waals surface area contributed by atoms with Crippen LogP contribution in [0.5, 0.6) is 5.75 Å². The van der Waals surface area contributed by atoms with Crippen LogP contribution in [0.25, 0.3) is 21.3 Å². The van der Waals surface area contributed by atoms with E-state index in [4.69, 9.17) is 19.6 Å². The molecule has 1 amide bonds. The Hall–Kier alpha value is -5.33. The third-order valence-electron chi connectivity index (χ3n) is 11.0. The van der Waals surface area contributed by atoms with Crippen molar-refractivity contribution in [3.63, 3.8) is 0 Å². The van der Waals surface area contributed by atoms with Crippen LogP contribution in [0.1, 0.15) is 84.5 Å². The van der Waals surface area contributed by atoms with Crippen LogP contribution in [0, 0.1) is 18.8 Å². The van der Waals surface area contributed by atoms with Gasteiger partial charge in [0.15, 0.2) is 10.8 Å². The number of esters is 1. The van der Waals surface area contributed by atoms with E-state index in [1.807, 2.05) is 99.3 Å². The highest BCUT2D eigenvalue weighted by Crippen LogP contribution is 2.36. The summed E-state index contributed by atoms with van der Waals surface area (Å²) in [7, 11) is 0. The van der Waals surface area contributed by atoms with Crippen LogP contribution >= 0.6 is 11.3 Å². The van der Waals surface area contributed by atoms with Crippen molar-refractivity contribution in [2.45, 2.75) is 72.4 Å². The van der Waals surface area contributed by atoms with Crippen molar-refractivity contribution in [3.8, 4) is 16.9 Å². The molecule has 2 aliphatic rings. The fraction of sp³-hybridized carbons (Fsp3) is 0.400. The maximum absolute atomic E-state index is 13.9. The first kappa shape index (κ1) is 39.9. The lowest BCUT2D eigenvalue weighted by Gasteiger charge is -2.34. The van der Waals surface area contributed by atoms with Gasteiger partial charge < -0.3 is 19.5 Å². The van der Waals surface area contributed by atoms with E-state index in [-0.39, 0.29) is 18.1 Å². The van der Waals surface area contributed by atoms with Crippen molar-refractivity contribution in [1.29, 1.82) is 0 Å². The second-order valence-corrected chi connectivity index (χ2v) is 17.2. The van der Waals surface area contributed by atoms with Crippen molar-refractivity contribution < 1.29 is 29.0 Å². The molecular formula is C45H51N5O6S. The van der Waals surface area contributed by atoms with Gasteiger partial charge in [0.1, 0.15) is 17.2 Å². The Labute approximate surface area is 338 Å². The molecule has 1 saturated heterocycles. The van der Waals surface area contributed by atoms with Crippen LogP contribution in [-0.4, -0.2) is 76.2 Å². The minimum Gasteiger partial charge on any atom is -0.493 e. The van der Waals surface area contributed by atoms with E-state index in [2.05, 4.69) is 28.2 Å². The van der Waals surface area contributed by atoms with Crippen molar-refractivity contribution in [2.24, 2.45) is 11.8 Å². The molecule has 2 aromatic heterocycles. The van der Waals surface area contributed by atoms with Gasteiger partial charge >= 0.3 is 11.9 Å². The largest absolute Gasteiger partial charge is 0.493 e. The van der Waals surface area contributed by atoms with Gasteiger partial charge in [0.25, 0.3) is 5.91 Å². The quantitative estimate of drug-likeness (QED) is 0.118. The fourth-order valence-electron chi connectivity index (χ4n) is 7.93. The van der Waals surface area contributed by atoms with Crippen molar-refractivity contribution in [3.05, 3.63) is 101 Å². The maximum atomic E-state index is 13.9. The number of nitrogens with zero attached hydrogens (tertiary/aromatic N) is 4. The standard InChI is InChI=1S/C45H51N5O6S/c1-28(30-18-22-49(23-19-30)27-40(51)52)21-25-55-37-14-9-11-32(29(37)2)33-16-17-39(47-41(33)43(54)56-45(3,4)5)50-24-20-31-10-8-12-34(35(31)26-50)42(53)48-44-46-36-13-6-7-15-38(36)57-44/h6-17,28,30H,18-27H2,1-5H3,(H,51,52)(H,46,48,53)/t28-/m1/s1. The molecule has 5 aromatic rings. The molecule has 2 aliphatic heterocycles. The number of likely N-dealkylation sites (tertiary alicyclic amines) is 1. The number of pyridine rings is 1. The summed E-state index contributed by atoms with van der Waals surface area (Å²) in [6.45, 7) is 13.2. The number of aliphatic carboxylic acids is 1. The first-order valence-corrected chi connectivity index (χ1v) is 20.6. The van der Waals surface area contributed by atoms with Crippen LogP contribution in [-0.2, 0) is 22.5 Å². The fourth-order valence-corrected chi connectivity index (χ4v) is 8.79. The lowest BCUT2D eigenvalue weighted by molar-refractivity contribution is -0.138. The Kier molecular flexibility index (Phi) is 11.9. The molecule has 0 spiro atoms. The molecule has 2 N–H and O–H groups in total. The summed E-state index contributed by atoms with van der Waals surface area (Å²) in [5.74, 6) is 0.858. The number of thiazole rings is 1. The first-order valence-electron chi connectivity index (χ1n) is 19.8. The van der Waals surface area contributed by atoms with Crippen LogP contribution in [0.4, 0.5) is 10.9 Å². The summed E-state index contributed by atoms with van der Waals surface area (Å²) < 4.78 is 13.3. The van der Waals surface area contributed by atoms with E-state index in [1.54, 1.807) is 0 Å². The first-order chi connectivity index (χ1) is 27.3. The summed E-state index contributed by atoms with van der Waals surface area (Å²) in [6, 6.07) is 23.4. The molecule has 0 saturated carbocycles. The van der Waals surface area contributed by atoms with E-state index in [0.717, 1.165) is 70.6 Å². The number of ether oxygens (including phenoxy) is 2. The van der Waals surface area contributed by atoms with E-state index in [1.165, 1.54) is 11.3 Å². The van der Waals surface area contributed by atoms with E-state index in [9.17, 15) is 14.4 Å². The van der Waals surface area contributed by atoms with Crippen LogP contribution < -0.4 is 15.0 Å². The maximum Gasteiger partial charge on any atom is 0.358 e. The van der Waals surface area contributed by atoms with Gasteiger partial charge in [0, 0.05) is 24.2 Å². The number of rotatable bonds is 12. The second kappa shape index (κ2) is 17.0. The third-order valence-corrected chi connectivity index (χ3v) is 12.0. The van der Waals surface area contributed by atoms with E-state index in [0.29, 0.717) is 60.0 Å². The number of amides is 1. The van der Waals surface area contributed by atoms with Gasteiger partial charge in [-0.25, -0.2) is 14.8 Å². The molecule has 298 valence electrons. The molecule has 12 heteroatoms. The average Bonchev–Trinajstić information content (AvgIpc) is 3.59. The zero-order chi connectivity index (χ0) is 40.3. The number of hydrogen-bond acceptors (Lipinski definition) is 10. The number of carboxylic acid groups (broad SMARTS) is 1. The van der Waals surface area contributed by atoms with Crippen LogP contribution in [0.3, 0.4) is 0 Å². The zero-order valence-electron chi connectivity index (χ0n) is 33.3. The number of fused-ring (bicyclic) bond motifs is 2. The molecule has 1 fully saturated rings. The Bertz CT molecular complexity index is 2240. The molecule has 1 atom stereocenters. The van der Waals surface area contributed by atoms with Gasteiger partial charge in [0.05, 0.1) is 23.4 Å². The van der Waals surface area contributed by atoms with Crippen LogP contribution in [0.2, 0.25) is 0 Å². The van der Waals surface area contributed by atoms with Crippen molar-refractivity contribution in [2.75, 3.05) is 43.0 Å². The number of nitrogens with one attached hydrogen (secondary N) is 1. The second-order valence-electron chi connectivity index (χ2n) is 16.2. The van der Waals surface area contributed by atoms with Crippen molar-refractivity contribution in [1.82, 2.24) is 14.9 Å². The van der Waals surface area contributed by atoms with Crippen molar-refractivity contribution >= 4 is 50.3 Å². The van der Waals surface area contributed by atoms with Gasteiger partial charge in [-0.1, -0.05) is 54.7 Å². The lowest BCUT2D eigenvalue weighted by atomic mass is 9.84. The number of carboxylic acids is 1. The predicted octanol–water partition coefficient (Wildman–Crippen LogP) is 8.64. The van der Waals surface area contributed by atoms with Gasteiger partial charge in [-0.2, -0.15) is 0 Å². The molecule has 11 nitrogen and oxygen atoms in total. The number of benzene rings is 3. The molecule has 3 aromatic carbocycles. The summed E-state index contributed by atoms with van der Waals surface area (Å²) in [4.78, 5) is 52.4. The number of hydrogen-bond donors (Lipinski definition) is 2. The molecular weight excluding hydrogens is 739 g/mol. The van der Waals surface area contributed by atoms with Gasteiger partial charge in [-0.05, 0) is 137 Å². The average molecular weight is 790 g/mol. The Balaban J connectivity index is 1.09. The highest BCUT2D eigenvalue weighted by Gasteiger charge is 2.29. The van der Waals surface area contributed by atoms with Crippen LogP contribution in [0.15, 0.2) is 72.8 Å². The van der Waals surface area contributed by atoms with E-state index < -0.39 is 17.5 Å². The smallest absolute Gasteiger partial charge is 0.358 e. The molecule has 57 heavy (non-hydrogen) atoms. The lowest BCUT2D eigenvalue weighted by Crippen LogP contribution is -2.38. The highest BCUT2D eigenvalue weighted by molar-refractivity contribution is 7.22. The number of carbonyl (C=O) groups excluding carboxylic acids is 2. The number of para-hydroxylation sites is 1. The Morgan fingerprint density at radius 3 is 2.47 bits per heavy atom. The summed E-state index contributed by atoms with van der Waals surface area (Å²) in [5, 5.41) is 12.7. The molecule has 7 rings (SSSR count). The normalized spacial score (nSPS) is 15.6. The Morgan fingerprint density at radius 2 is 1.72 bits per heavy atom.